The van der Waals surface area contributed by atoms with Gasteiger partial charge in [-0.05, 0) is 110 Å². The first kappa shape index (κ1) is 28.9. The molecule has 2 atom stereocenters. The van der Waals surface area contributed by atoms with Crippen molar-refractivity contribution < 1.29 is 0 Å². The van der Waals surface area contributed by atoms with Crippen LogP contribution in [-0.2, 0) is 12.8 Å². The van der Waals surface area contributed by atoms with Gasteiger partial charge in [0, 0.05) is 17.2 Å². The van der Waals surface area contributed by atoms with Gasteiger partial charge in [-0.15, -0.1) is 0 Å². The third-order valence-corrected chi connectivity index (χ3v) is 9.77. The molecular weight excluding hydrogens is 559 g/mol. The van der Waals surface area contributed by atoms with E-state index in [0.29, 0.717) is 16.6 Å². The number of benzene rings is 3. The number of nitrogens with zero attached hydrogens (tertiary/aromatic N) is 2. The Morgan fingerprint density at radius 3 is 2.43 bits per heavy atom. The predicted molar refractivity (Wildman–Crippen MR) is 176 cm³/mol. The Bertz CT molecular complexity index is 1750. The molecule has 3 aromatic carbocycles. The van der Waals surface area contributed by atoms with Gasteiger partial charge < -0.3 is 10.7 Å². The van der Waals surface area contributed by atoms with Crippen molar-refractivity contribution in [1.82, 2.24) is 15.0 Å². The van der Waals surface area contributed by atoms with E-state index in [1.54, 1.807) is 0 Å². The van der Waals surface area contributed by atoms with Crippen molar-refractivity contribution >= 4 is 34.2 Å². The minimum Gasteiger partial charge on any atom is -0.342 e. The van der Waals surface area contributed by atoms with Crippen LogP contribution in [0.3, 0.4) is 0 Å². The maximum absolute atomic E-state index is 6.86. The minimum atomic E-state index is 0.0317. The summed E-state index contributed by atoms with van der Waals surface area (Å²) in [6.07, 6.45) is 4.52. The number of rotatable bonds is 9. The van der Waals surface area contributed by atoms with Crippen LogP contribution in [0.15, 0.2) is 60.7 Å². The molecule has 1 saturated carbocycles. The first-order valence-corrected chi connectivity index (χ1v) is 15.7. The number of aromatic amines is 1. The highest BCUT2D eigenvalue weighted by Gasteiger charge is 2.26. The molecule has 6 rings (SSSR count). The Morgan fingerprint density at radius 1 is 0.952 bits per heavy atom. The van der Waals surface area contributed by atoms with Gasteiger partial charge in [0.05, 0.1) is 26.8 Å². The molecule has 1 aliphatic carbocycles. The number of imidazole rings is 1. The van der Waals surface area contributed by atoms with Crippen molar-refractivity contribution in [2.45, 2.75) is 65.2 Å². The lowest BCUT2D eigenvalue weighted by atomic mass is 9.84. The number of nitrogens with one attached hydrogen (secondary N) is 1. The quantitative estimate of drug-likeness (QED) is 0.178. The Morgan fingerprint density at radius 2 is 1.71 bits per heavy atom. The largest absolute Gasteiger partial charge is 0.342 e. The van der Waals surface area contributed by atoms with Gasteiger partial charge in [0.2, 0.25) is 0 Å². The molecule has 4 nitrogen and oxygen atoms in total. The summed E-state index contributed by atoms with van der Waals surface area (Å²) >= 11 is 13.5. The summed E-state index contributed by atoms with van der Waals surface area (Å²) in [7, 11) is 0. The van der Waals surface area contributed by atoms with Crippen LogP contribution in [0.4, 0.5) is 0 Å². The standard InChI is InChI=1S/C36H38Cl2N4/c1-20-10-13-28(34(38)33(20)37)35-22(3)29(21(2)19-39)18-31(42-35)30(26-8-6-5-7-9-26)16-25-15-27(14-24-11-12-24)36-32(17-25)40-23(4)41-36/h5-10,13,15,17-18,21,24,30H,11-12,14,16,19,39H2,1-4H3,(H,40,41). The van der Waals surface area contributed by atoms with E-state index in [1.165, 1.54) is 35.1 Å². The van der Waals surface area contributed by atoms with Crippen LogP contribution in [0.1, 0.15) is 76.5 Å². The van der Waals surface area contributed by atoms with Gasteiger partial charge in [-0.3, -0.25) is 4.98 Å². The molecule has 2 unspecified atom stereocenters. The number of hydrogen-bond acceptors (Lipinski definition) is 3. The van der Waals surface area contributed by atoms with Crippen molar-refractivity contribution in [2.24, 2.45) is 11.7 Å². The Kier molecular flexibility index (Phi) is 8.15. The van der Waals surface area contributed by atoms with Gasteiger partial charge in [0.25, 0.3) is 0 Å². The zero-order valence-electron chi connectivity index (χ0n) is 24.8. The van der Waals surface area contributed by atoms with Gasteiger partial charge in [-0.25, -0.2) is 4.98 Å². The van der Waals surface area contributed by atoms with E-state index in [9.17, 15) is 0 Å². The average molecular weight is 598 g/mol. The van der Waals surface area contributed by atoms with Gasteiger partial charge in [0.15, 0.2) is 0 Å². The zero-order chi connectivity index (χ0) is 29.5. The molecule has 0 radical (unpaired) electrons. The molecule has 0 spiro atoms. The van der Waals surface area contributed by atoms with Crippen LogP contribution < -0.4 is 5.73 Å². The van der Waals surface area contributed by atoms with Crippen molar-refractivity contribution in [3.63, 3.8) is 0 Å². The summed E-state index contributed by atoms with van der Waals surface area (Å²) in [5, 5.41) is 1.11. The first-order valence-electron chi connectivity index (χ1n) is 14.9. The molecule has 216 valence electrons. The number of aryl methyl sites for hydroxylation is 2. The molecule has 3 N–H and O–H groups in total. The van der Waals surface area contributed by atoms with Crippen molar-refractivity contribution in [1.29, 1.82) is 0 Å². The predicted octanol–water partition coefficient (Wildman–Crippen LogP) is 9.25. The summed E-state index contributed by atoms with van der Waals surface area (Å²) < 4.78 is 0. The van der Waals surface area contributed by atoms with Gasteiger partial charge >= 0.3 is 0 Å². The summed E-state index contributed by atoms with van der Waals surface area (Å²) in [4.78, 5) is 13.7. The second-order valence-electron chi connectivity index (χ2n) is 12.1. The number of fused-ring (bicyclic) bond motifs is 1. The molecule has 2 heterocycles. The van der Waals surface area contributed by atoms with Crippen LogP contribution in [-0.4, -0.2) is 21.5 Å². The van der Waals surface area contributed by atoms with Crippen LogP contribution in [0.2, 0.25) is 10.0 Å². The van der Waals surface area contributed by atoms with E-state index in [1.807, 2.05) is 26.0 Å². The summed E-state index contributed by atoms with van der Waals surface area (Å²) in [6, 6.07) is 21.7. The number of nitrogens with two attached hydrogens (primary N) is 1. The molecular formula is C36H38Cl2N4. The van der Waals surface area contributed by atoms with E-state index in [2.05, 4.69) is 67.4 Å². The van der Waals surface area contributed by atoms with Gasteiger partial charge in [-0.2, -0.15) is 0 Å². The van der Waals surface area contributed by atoms with Crippen LogP contribution in [0.5, 0.6) is 0 Å². The maximum atomic E-state index is 6.86. The lowest BCUT2D eigenvalue weighted by Crippen LogP contribution is -2.15. The molecule has 0 amide bonds. The molecule has 2 aromatic heterocycles. The van der Waals surface area contributed by atoms with Crippen LogP contribution >= 0.6 is 23.2 Å². The highest BCUT2D eigenvalue weighted by Crippen LogP contribution is 2.41. The second kappa shape index (κ2) is 11.8. The van der Waals surface area contributed by atoms with Gasteiger partial charge in [-0.1, -0.05) is 78.7 Å². The number of halogens is 2. The van der Waals surface area contributed by atoms with Gasteiger partial charge in [0.1, 0.15) is 5.82 Å². The molecule has 5 aromatic rings. The van der Waals surface area contributed by atoms with Crippen LogP contribution in [0, 0.1) is 26.7 Å². The topological polar surface area (TPSA) is 67.6 Å². The minimum absolute atomic E-state index is 0.0317. The number of hydrogen-bond donors (Lipinski definition) is 2. The molecule has 0 saturated heterocycles. The summed E-state index contributed by atoms with van der Waals surface area (Å²) in [6.45, 7) is 8.84. The summed E-state index contributed by atoms with van der Waals surface area (Å²) in [5.74, 6) is 1.93. The summed E-state index contributed by atoms with van der Waals surface area (Å²) in [5.41, 5.74) is 18.3. The number of pyridine rings is 1. The zero-order valence-corrected chi connectivity index (χ0v) is 26.3. The van der Waals surface area contributed by atoms with E-state index >= 15 is 0 Å². The van der Waals surface area contributed by atoms with Crippen molar-refractivity contribution in [3.8, 4) is 11.3 Å². The normalized spacial score (nSPS) is 14.8. The Hall–Kier alpha value is -3.18. The first-order chi connectivity index (χ1) is 20.2. The third-order valence-electron chi connectivity index (χ3n) is 8.80. The molecule has 0 aliphatic heterocycles. The monoisotopic (exact) mass is 596 g/mol. The highest BCUT2D eigenvalue weighted by atomic mass is 35.5. The molecule has 6 heteroatoms. The average Bonchev–Trinajstić information content (AvgIpc) is 3.73. The molecule has 0 bridgehead atoms. The lowest BCUT2D eigenvalue weighted by Gasteiger charge is -2.24. The second-order valence-corrected chi connectivity index (χ2v) is 12.8. The molecule has 42 heavy (non-hydrogen) atoms. The Balaban J connectivity index is 1.52. The van der Waals surface area contributed by atoms with Crippen molar-refractivity contribution in [3.05, 3.63) is 116 Å². The smallest absolute Gasteiger partial charge is 0.104 e. The van der Waals surface area contributed by atoms with E-state index < -0.39 is 0 Å². The fourth-order valence-corrected chi connectivity index (χ4v) is 6.62. The SMILES string of the molecule is Cc1nc2c(CC3CC3)cc(CC(c3ccccc3)c3cc(C(C)CN)c(C)c(-c4ccc(C)c(Cl)c4Cl)n3)cc2[nH]1. The molecule has 1 fully saturated rings. The van der Waals surface area contributed by atoms with Crippen LogP contribution in [0.25, 0.3) is 22.3 Å². The number of H-pyrrole nitrogens is 1. The lowest BCUT2D eigenvalue weighted by molar-refractivity contribution is 0.738. The maximum Gasteiger partial charge on any atom is 0.104 e. The number of aromatic nitrogens is 3. The highest BCUT2D eigenvalue weighted by molar-refractivity contribution is 6.44. The molecule has 1 aliphatic rings. The van der Waals surface area contributed by atoms with E-state index in [4.69, 9.17) is 38.9 Å². The Labute approximate surface area is 258 Å². The fourth-order valence-electron chi connectivity index (χ4n) is 6.16. The third kappa shape index (κ3) is 5.73. The van der Waals surface area contributed by atoms with Crippen molar-refractivity contribution in [2.75, 3.05) is 6.54 Å². The van der Waals surface area contributed by atoms with E-state index in [-0.39, 0.29) is 11.8 Å². The fraction of sp³-hybridized carbons (Fsp3) is 0.333. The van der Waals surface area contributed by atoms with E-state index in [0.717, 1.165) is 63.7 Å².